The lowest BCUT2D eigenvalue weighted by atomic mass is 10.1. The number of aromatic nitrogens is 4. The van der Waals surface area contributed by atoms with Crippen molar-refractivity contribution in [2.24, 2.45) is 0 Å². The Hall–Kier alpha value is -3.53. The van der Waals surface area contributed by atoms with Crippen LogP contribution in [-0.4, -0.2) is 69.8 Å². The second-order valence-electron chi connectivity index (χ2n) is 8.78. The van der Waals surface area contributed by atoms with E-state index in [1.165, 1.54) is 18.5 Å². The summed E-state index contributed by atoms with van der Waals surface area (Å²) < 4.78 is 13.8. The average molecular weight is 498 g/mol. The van der Waals surface area contributed by atoms with Crippen LogP contribution in [0, 0.1) is 5.82 Å². The second-order valence-corrected chi connectivity index (χ2v) is 9.18. The first-order valence-corrected chi connectivity index (χ1v) is 11.9. The fourth-order valence-electron chi connectivity index (χ4n) is 4.48. The fourth-order valence-corrected chi connectivity index (χ4v) is 4.66. The monoisotopic (exact) mass is 497 g/mol. The maximum absolute atomic E-state index is 13.8. The van der Waals surface area contributed by atoms with Gasteiger partial charge in [0.1, 0.15) is 11.6 Å². The Morgan fingerprint density at radius 1 is 1.03 bits per heavy atom. The molecule has 2 aliphatic rings. The number of hydrogen-bond acceptors (Lipinski definition) is 8. The van der Waals surface area contributed by atoms with Crippen molar-refractivity contribution in [2.75, 3.05) is 47.4 Å². The van der Waals surface area contributed by atoms with Crippen LogP contribution in [0.3, 0.4) is 0 Å². The third-order valence-electron chi connectivity index (χ3n) is 6.50. The Balaban J connectivity index is 1.40. The molecule has 1 aromatic carbocycles. The minimum atomic E-state index is -1.05. The van der Waals surface area contributed by atoms with E-state index in [-0.39, 0.29) is 10.6 Å². The van der Waals surface area contributed by atoms with Gasteiger partial charge in [0, 0.05) is 62.8 Å². The van der Waals surface area contributed by atoms with Gasteiger partial charge in [0.15, 0.2) is 0 Å². The molecule has 0 saturated carbocycles. The van der Waals surface area contributed by atoms with E-state index in [4.69, 9.17) is 26.7 Å². The Morgan fingerprint density at radius 3 is 2.37 bits per heavy atom. The normalized spacial score (nSPS) is 18.3. The molecular formula is C24H25ClFN7O2. The molecule has 5 rings (SSSR count). The maximum atomic E-state index is 13.8. The highest BCUT2D eigenvalue weighted by atomic mass is 35.5. The molecule has 0 aliphatic carbocycles. The molecule has 0 spiro atoms. The number of nitrogens with zero attached hydrogens (tertiary/aromatic N) is 7. The van der Waals surface area contributed by atoms with E-state index in [9.17, 15) is 9.18 Å². The lowest BCUT2D eigenvalue weighted by Gasteiger charge is -2.36. The van der Waals surface area contributed by atoms with Crippen molar-refractivity contribution in [3.8, 4) is 11.3 Å². The quantitative estimate of drug-likeness (QED) is 0.565. The van der Waals surface area contributed by atoms with Crippen LogP contribution in [0.15, 0.2) is 36.7 Å². The molecule has 0 radical (unpaired) electrons. The van der Waals surface area contributed by atoms with Gasteiger partial charge in [-0.05, 0) is 38.0 Å². The van der Waals surface area contributed by atoms with Crippen LogP contribution in [0.4, 0.5) is 22.1 Å². The summed E-state index contributed by atoms with van der Waals surface area (Å²) in [5.74, 6) is 0.453. The number of carbonyl (C=O) groups is 1. The molecule has 182 valence electrons. The number of aromatic carboxylic acids is 1. The van der Waals surface area contributed by atoms with Crippen molar-refractivity contribution in [3.63, 3.8) is 0 Å². The Bertz CT molecular complexity index is 1240. The summed E-state index contributed by atoms with van der Waals surface area (Å²) in [7, 11) is 0. The fraction of sp³-hybridized carbons (Fsp3) is 0.375. The van der Waals surface area contributed by atoms with E-state index in [1.54, 1.807) is 12.1 Å². The first-order chi connectivity index (χ1) is 16.9. The van der Waals surface area contributed by atoms with Crippen LogP contribution in [-0.2, 0) is 0 Å². The van der Waals surface area contributed by atoms with Gasteiger partial charge in [-0.1, -0.05) is 11.6 Å². The summed E-state index contributed by atoms with van der Waals surface area (Å²) >= 11 is 6.05. The molecule has 2 aromatic heterocycles. The minimum Gasteiger partial charge on any atom is -0.478 e. The summed E-state index contributed by atoms with van der Waals surface area (Å²) in [6, 6.07) is 6.89. The van der Waals surface area contributed by atoms with Crippen LogP contribution < -0.4 is 14.7 Å². The van der Waals surface area contributed by atoms with Crippen LogP contribution >= 0.6 is 11.6 Å². The van der Waals surface area contributed by atoms with Crippen molar-refractivity contribution in [1.29, 1.82) is 0 Å². The van der Waals surface area contributed by atoms with E-state index in [0.717, 1.165) is 30.8 Å². The van der Waals surface area contributed by atoms with Gasteiger partial charge >= 0.3 is 5.97 Å². The zero-order chi connectivity index (χ0) is 24.5. The number of hydrogen-bond donors (Lipinski definition) is 1. The Kier molecular flexibility index (Phi) is 6.38. The molecule has 0 bridgehead atoms. The van der Waals surface area contributed by atoms with Crippen LogP contribution in [0.25, 0.3) is 11.3 Å². The van der Waals surface area contributed by atoms with E-state index in [2.05, 4.69) is 26.7 Å². The molecule has 2 fully saturated rings. The molecule has 11 heteroatoms. The first-order valence-electron chi connectivity index (χ1n) is 11.6. The predicted molar refractivity (Wildman–Crippen MR) is 132 cm³/mol. The van der Waals surface area contributed by atoms with Crippen LogP contribution in [0.5, 0.6) is 0 Å². The van der Waals surface area contributed by atoms with Gasteiger partial charge in [0.25, 0.3) is 0 Å². The number of halogens is 2. The van der Waals surface area contributed by atoms with Gasteiger partial charge < -0.3 is 19.8 Å². The van der Waals surface area contributed by atoms with E-state index >= 15 is 0 Å². The van der Waals surface area contributed by atoms with Gasteiger partial charge in [-0.25, -0.2) is 24.1 Å². The summed E-state index contributed by atoms with van der Waals surface area (Å²) in [6.45, 7) is 5.74. The Labute approximate surface area is 207 Å². The molecule has 2 aliphatic heterocycles. The van der Waals surface area contributed by atoms with E-state index < -0.39 is 11.8 Å². The van der Waals surface area contributed by atoms with Gasteiger partial charge in [-0.15, -0.1) is 0 Å². The third-order valence-corrected chi connectivity index (χ3v) is 6.79. The summed E-state index contributed by atoms with van der Waals surface area (Å²) in [5, 5.41) is 9.11. The summed E-state index contributed by atoms with van der Waals surface area (Å²) in [5.41, 5.74) is 1.49. The number of rotatable bonds is 5. The highest BCUT2D eigenvalue weighted by Gasteiger charge is 2.26. The minimum absolute atomic E-state index is 0.0567. The summed E-state index contributed by atoms with van der Waals surface area (Å²) in [4.78, 5) is 35.6. The molecule has 2 saturated heterocycles. The lowest BCUT2D eigenvalue weighted by Crippen LogP contribution is -2.47. The first kappa shape index (κ1) is 23.2. The molecule has 3 aromatic rings. The van der Waals surface area contributed by atoms with Gasteiger partial charge in [-0.2, -0.15) is 4.98 Å². The Morgan fingerprint density at radius 2 is 1.74 bits per heavy atom. The largest absolute Gasteiger partial charge is 0.478 e. The van der Waals surface area contributed by atoms with Crippen LogP contribution in [0.2, 0.25) is 5.02 Å². The summed E-state index contributed by atoms with van der Waals surface area (Å²) in [6.07, 6.45) is 4.83. The van der Waals surface area contributed by atoms with Gasteiger partial charge in [-0.3, -0.25) is 0 Å². The van der Waals surface area contributed by atoms with Crippen molar-refractivity contribution in [1.82, 2.24) is 19.9 Å². The molecule has 1 N–H and O–H groups in total. The number of piperazine rings is 1. The standard InChI is InChI=1S/C24H25ClFN7O2/c1-15-3-2-6-33(15)24-29-20(16-4-5-19(26)18(25)11-16)12-21(30-24)31-7-9-32(10-8-31)23-27-13-17(14-28-23)22(34)35/h4-5,11-15H,2-3,6-10H2,1H3,(H,34,35). The zero-order valence-electron chi connectivity index (χ0n) is 19.2. The second kappa shape index (κ2) is 9.61. The zero-order valence-corrected chi connectivity index (χ0v) is 20.0. The highest BCUT2D eigenvalue weighted by molar-refractivity contribution is 6.31. The van der Waals surface area contributed by atoms with Gasteiger partial charge in [0.2, 0.25) is 11.9 Å². The van der Waals surface area contributed by atoms with Crippen molar-refractivity contribution in [2.45, 2.75) is 25.8 Å². The van der Waals surface area contributed by atoms with E-state index in [1.807, 2.05) is 11.0 Å². The number of anilines is 3. The van der Waals surface area contributed by atoms with E-state index in [0.29, 0.717) is 49.8 Å². The molecular weight excluding hydrogens is 473 g/mol. The average Bonchev–Trinajstić information content (AvgIpc) is 3.31. The SMILES string of the molecule is CC1CCCN1c1nc(-c2ccc(F)c(Cl)c2)cc(N2CCN(c3ncc(C(=O)O)cn3)CC2)n1. The maximum Gasteiger partial charge on any atom is 0.338 e. The molecule has 0 amide bonds. The van der Waals surface area contributed by atoms with Crippen molar-refractivity contribution >= 4 is 35.3 Å². The lowest BCUT2D eigenvalue weighted by molar-refractivity contribution is 0.0696. The smallest absolute Gasteiger partial charge is 0.338 e. The van der Waals surface area contributed by atoms with Crippen LogP contribution in [0.1, 0.15) is 30.1 Å². The van der Waals surface area contributed by atoms with Crippen molar-refractivity contribution < 1.29 is 14.3 Å². The predicted octanol–water partition coefficient (Wildman–Crippen LogP) is 3.74. The highest BCUT2D eigenvalue weighted by Crippen LogP contribution is 2.31. The van der Waals surface area contributed by atoms with Gasteiger partial charge in [0.05, 0.1) is 16.3 Å². The molecule has 1 unspecified atom stereocenters. The number of benzene rings is 1. The topological polar surface area (TPSA) is 98.6 Å². The number of carboxylic acids is 1. The third kappa shape index (κ3) is 4.84. The molecule has 1 atom stereocenters. The molecule has 35 heavy (non-hydrogen) atoms. The molecule has 4 heterocycles. The van der Waals surface area contributed by atoms with Crippen molar-refractivity contribution in [3.05, 3.63) is 53.1 Å². The number of carboxylic acid groups (broad SMARTS) is 1. The molecule has 9 nitrogen and oxygen atoms in total.